The maximum absolute atomic E-state index is 13.0. The highest BCUT2D eigenvalue weighted by Gasteiger charge is 2.29. The van der Waals surface area contributed by atoms with Crippen LogP contribution in [0.5, 0.6) is 17.4 Å². The van der Waals surface area contributed by atoms with E-state index in [-0.39, 0.29) is 24.2 Å². The Morgan fingerprint density at radius 1 is 1.11 bits per heavy atom. The minimum absolute atomic E-state index is 0.121. The Morgan fingerprint density at radius 3 is 2.63 bits per heavy atom. The molecule has 0 spiro atoms. The van der Waals surface area contributed by atoms with Crippen molar-refractivity contribution in [2.75, 3.05) is 40.1 Å². The van der Waals surface area contributed by atoms with Crippen LogP contribution >= 0.6 is 0 Å². The molecule has 38 heavy (non-hydrogen) atoms. The van der Waals surface area contributed by atoms with Gasteiger partial charge in [0.05, 0.1) is 32.6 Å². The van der Waals surface area contributed by atoms with Gasteiger partial charge in [-0.15, -0.1) is 0 Å². The van der Waals surface area contributed by atoms with Gasteiger partial charge < -0.3 is 28.3 Å². The van der Waals surface area contributed by atoms with Crippen LogP contribution in [0.4, 0.5) is 13.2 Å². The molecule has 0 amide bonds. The van der Waals surface area contributed by atoms with E-state index >= 15 is 0 Å². The maximum Gasteiger partial charge on any atom is 0.422 e. The first-order valence-corrected chi connectivity index (χ1v) is 12.2. The Morgan fingerprint density at radius 2 is 1.95 bits per heavy atom. The van der Waals surface area contributed by atoms with Gasteiger partial charge in [-0.2, -0.15) is 13.2 Å². The van der Waals surface area contributed by atoms with E-state index in [1.54, 1.807) is 10.6 Å². The van der Waals surface area contributed by atoms with Crippen molar-refractivity contribution in [2.45, 2.75) is 32.2 Å². The topological polar surface area (TPSA) is 81.0 Å². The van der Waals surface area contributed by atoms with Crippen molar-refractivity contribution in [1.29, 1.82) is 0 Å². The molecule has 2 aliphatic heterocycles. The van der Waals surface area contributed by atoms with Crippen molar-refractivity contribution in [3.63, 3.8) is 0 Å². The van der Waals surface area contributed by atoms with Crippen molar-refractivity contribution in [1.82, 2.24) is 9.55 Å². The molecular weight excluding hydrogens is 505 g/mol. The van der Waals surface area contributed by atoms with E-state index in [2.05, 4.69) is 4.98 Å². The van der Waals surface area contributed by atoms with E-state index in [1.165, 1.54) is 25.4 Å². The lowest BCUT2D eigenvalue weighted by atomic mass is 9.90. The second kappa shape index (κ2) is 10.7. The fraction of sp³-hybridized carbons (Fsp3) is 0.407. The number of pyridine rings is 2. The van der Waals surface area contributed by atoms with Crippen LogP contribution in [0.3, 0.4) is 0 Å². The maximum atomic E-state index is 13.0. The molecule has 1 atom stereocenters. The van der Waals surface area contributed by atoms with Crippen molar-refractivity contribution >= 4 is 0 Å². The summed E-state index contributed by atoms with van der Waals surface area (Å²) < 4.78 is 66.5. The van der Waals surface area contributed by atoms with Gasteiger partial charge in [0, 0.05) is 47.1 Å². The first kappa shape index (κ1) is 26.1. The first-order valence-electron chi connectivity index (χ1n) is 12.2. The molecule has 0 N–H and O–H groups in total. The number of aryl methyl sites for hydroxylation is 1. The second-order valence-electron chi connectivity index (χ2n) is 9.10. The Balaban J connectivity index is 1.46. The van der Waals surface area contributed by atoms with Crippen LogP contribution < -0.4 is 19.8 Å². The molecule has 8 nitrogen and oxygen atoms in total. The molecule has 4 heterocycles. The van der Waals surface area contributed by atoms with E-state index in [1.807, 2.05) is 19.1 Å². The number of methoxy groups -OCH3 is 1. The van der Waals surface area contributed by atoms with E-state index in [0.717, 1.165) is 27.9 Å². The summed E-state index contributed by atoms with van der Waals surface area (Å²) in [6.07, 6.45) is -2.57. The average molecular weight is 533 g/mol. The zero-order valence-electron chi connectivity index (χ0n) is 21.0. The van der Waals surface area contributed by atoms with E-state index in [9.17, 15) is 18.0 Å². The number of ether oxygens (including phenoxy) is 5. The fourth-order valence-electron chi connectivity index (χ4n) is 4.72. The Kier molecular flexibility index (Phi) is 7.31. The van der Waals surface area contributed by atoms with Gasteiger partial charge in [0.2, 0.25) is 5.88 Å². The molecule has 5 rings (SSSR count). The number of hydrogen-bond acceptors (Lipinski definition) is 7. The highest BCUT2D eigenvalue weighted by atomic mass is 19.4. The molecule has 1 saturated heterocycles. The first-order chi connectivity index (χ1) is 18.2. The number of rotatable bonds is 7. The minimum Gasteiger partial charge on any atom is -0.496 e. The zero-order valence-corrected chi connectivity index (χ0v) is 21.0. The molecule has 1 unspecified atom stereocenters. The molecule has 3 aromatic rings. The van der Waals surface area contributed by atoms with Gasteiger partial charge in [-0.05, 0) is 37.1 Å². The van der Waals surface area contributed by atoms with Gasteiger partial charge in [0.1, 0.15) is 24.2 Å². The number of alkyl halides is 3. The molecule has 0 aliphatic carbocycles. The summed E-state index contributed by atoms with van der Waals surface area (Å²) >= 11 is 0. The quantitative estimate of drug-likeness (QED) is 0.452. The number of fused-ring (bicyclic) bond motifs is 3. The summed E-state index contributed by atoms with van der Waals surface area (Å²) in [5.41, 5.74) is 4.67. The van der Waals surface area contributed by atoms with Gasteiger partial charge in [0.15, 0.2) is 6.61 Å². The lowest BCUT2D eigenvalue weighted by molar-refractivity contribution is -0.154. The Bertz CT molecular complexity index is 1370. The summed E-state index contributed by atoms with van der Waals surface area (Å²) in [7, 11) is 1.54. The van der Waals surface area contributed by atoms with Crippen LogP contribution in [0.1, 0.15) is 11.1 Å². The molecule has 0 saturated carbocycles. The van der Waals surface area contributed by atoms with Crippen LogP contribution in [0, 0.1) is 6.92 Å². The van der Waals surface area contributed by atoms with Crippen LogP contribution in [0.2, 0.25) is 0 Å². The number of aromatic nitrogens is 2. The van der Waals surface area contributed by atoms with Crippen molar-refractivity contribution < 1.29 is 36.9 Å². The average Bonchev–Trinajstić information content (AvgIpc) is 2.92. The molecule has 2 aromatic heterocycles. The third kappa shape index (κ3) is 5.48. The summed E-state index contributed by atoms with van der Waals surface area (Å²) in [6, 6.07) is 8.38. The summed E-state index contributed by atoms with van der Waals surface area (Å²) in [5, 5.41) is 0. The van der Waals surface area contributed by atoms with Crippen LogP contribution in [-0.4, -0.2) is 62.0 Å². The van der Waals surface area contributed by atoms with Gasteiger partial charge in [0.25, 0.3) is 5.56 Å². The van der Waals surface area contributed by atoms with Crippen LogP contribution in [0.25, 0.3) is 22.4 Å². The molecule has 2 aliphatic rings. The number of nitrogens with zero attached hydrogens (tertiary/aromatic N) is 2. The third-order valence-electron chi connectivity index (χ3n) is 6.54. The lowest BCUT2D eigenvalue weighted by Crippen LogP contribution is -2.34. The monoisotopic (exact) mass is 532 g/mol. The van der Waals surface area contributed by atoms with Crippen molar-refractivity contribution in [3.8, 4) is 39.8 Å². The number of halogens is 3. The van der Waals surface area contributed by atoms with Crippen molar-refractivity contribution in [2.24, 2.45) is 0 Å². The fourth-order valence-corrected chi connectivity index (χ4v) is 4.72. The molecule has 1 aromatic carbocycles. The lowest BCUT2D eigenvalue weighted by Gasteiger charge is -2.27. The standard InChI is InChI=1S/C27H27F3N2O6/c1-16-22(37-14-19-13-35-7-8-36-19)11-25(33)32-6-5-17-9-20(23(34-2)10-21(17)26(16)32)18-3-4-24(31-12-18)38-15-27(28,29)30/h3-4,9-12,19H,5-8,13-15H2,1-2H3. The predicted octanol–water partition coefficient (Wildman–Crippen LogP) is 4.19. The summed E-state index contributed by atoms with van der Waals surface area (Å²) in [4.78, 5) is 17.0. The smallest absolute Gasteiger partial charge is 0.422 e. The third-order valence-corrected chi connectivity index (χ3v) is 6.54. The van der Waals surface area contributed by atoms with Gasteiger partial charge in [-0.3, -0.25) is 4.79 Å². The largest absolute Gasteiger partial charge is 0.496 e. The van der Waals surface area contributed by atoms with Crippen molar-refractivity contribution in [3.05, 3.63) is 58.0 Å². The van der Waals surface area contributed by atoms with E-state index in [4.69, 9.17) is 23.7 Å². The highest BCUT2D eigenvalue weighted by Crippen LogP contribution is 2.41. The minimum atomic E-state index is -4.44. The SMILES string of the molecule is COc1cc2c(cc1-c1ccc(OCC(F)(F)F)nc1)CCn1c-2c(C)c(OCC2COCCO2)cc1=O. The number of benzene rings is 1. The molecular formula is C27H27F3N2O6. The zero-order chi connectivity index (χ0) is 26.9. The van der Waals surface area contributed by atoms with Gasteiger partial charge >= 0.3 is 6.18 Å². The molecule has 0 bridgehead atoms. The summed E-state index contributed by atoms with van der Waals surface area (Å²) in [6.45, 7) is 2.78. The molecule has 11 heteroatoms. The molecule has 0 radical (unpaired) electrons. The summed E-state index contributed by atoms with van der Waals surface area (Å²) in [5.74, 6) is 0.906. The predicted molar refractivity (Wildman–Crippen MR) is 132 cm³/mol. The van der Waals surface area contributed by atoms with E-state index < -0.39 is 12.8 Å². The normalized spacial score (nSPS) is 16.9. The van der Waals surface area contributed by atoms with Gasteiger partial charge in [-0.25, -0.2) is 4.98 Å². The number of hydrogen-bond donors (Lipinski definition) is 0. The second-order valence-corrected chi connectivity index (χ2v) is 9.10. The highest BCUT2D eigenvalue weighted by molar-refractivity contribution is 5.80. The van der Waals surface area contributed by atoms with Crippen LogP contribution in [-0.2, 0) is 22.4 Å². The molecule has 202 valence electrons. The molecule has 1 fully saturated rings. The Labute approximate surface area is 216 Å². The van der Waals surface area contributed by atoms with Crippen LogP contribution in [0.15, 0.2) is 41.3 Å². The van der Waals surface area contributed by atoms with E-state index in [0.29, 0.717) is 49.8 Å². The Hall–Kier alpha value is -3.57. The van der Waals surface area contributed by atoms with Gasteiger partial charge in [-0.1, -0.05) is 0 Å².